The highest BCUT2D eigenvalue weighted by Crippen LogP contribution is 2.35. The first-order valence-corrected chi connectivity index (χ1v) is 11.1. The van der Waals surface area contributed by atoms with Crippen molar-refractivity contribution in [3.05, 3.63) is 91.2 Å². The fraction of sp³-hybridized carbons (Fsp3) is 0.385. The van der Waals surface area contributed by atoms with Crippen molar-refractivity contribution in [1.29, 1.82) is 0 Å². The maximum absolute atomic E-state index is 2.45. The highest BCUT2D eigenvalue weighted by atomic mass is 32.1. The molecule has 0 nitrogen and oxygen atoms in total. The van der Waals surface area contributed by atoms with Crippen molar-refractivity contribution in [2.45, 2.75) is 65.7 Å². The fourth-order valence-electron chi connectivity index (χ4n) is 4.59. The van der Waals surface area contributed by atoms with Crippen LogP contribution in [0.5, 0.6) is 0 Å². The van der Waals surface area contributed by atoms with Gasteiger partial charge in [0.15, 0.2) is 0 Å². The molecular weight excluding hydrogens is 344 g/mol. The normalized spacial score (nSPS) is 13.6. The lowest BCUT2D eigenvalue weighted by atomic mass is 9.90. The van der Waals surface area contributed by atoms with Crippen molar-refractivity contribution in [2.24, 2.45) is 0 Å². The van der Waals surface area contributed by atoms with E-state index in [1.165, 1.54) is 53.5 Å². The predicted molar refractivity (Wildman–Crippen MR) is 118 cm³/mol. The molecule has 0 saturated carbocycles. The average molecular weight is 375 g/mol. The van der Waals surface area contributed by atoms with Gasteiger partial charge in [0.25, 0.3) is 0 Å². The molecule has 0 unspecified atom stereocenters. The highest BCUT2D eigenvalue weighted by molar-refractivity contribution is 7.12. The van der Waals surface area contributed by atoms with Crippen LogP contribution in [0.3, 0.4) is 0 Å². The van der Waals surface area contributed by atoms with E-state index in [1.807, 2.05) is 11.3 Å². The SMILES string of the molecule is Cc1cccc(CCc2cc(C)cc(Cc3sc(C)c4c3CCCC4)c2)c1. The summed E-state index contributed by atoms with van der Waals surface area (Å²) in [6.45, 7) is 6.74. The zero-order chi connectivity index (χ0) is 18.8. The maximum Gasteiger partial charge on any atom is 0.0127 e. The smallest absolute Gasteiger partial charge is 0.0127 e. The van der Waals surface area contributed by atoms with Gasteiger partial charge in [0, 0.05) is 16.2 Å². The zero-order valence-corrected chi connectivity index (χ0v) is 17.7. The molecule has 3 aromatic rings. The van der Waals surface area contributed by atoms with Gasteiger partial charge >= 0.3 is 0 Å². The molecule has 1 aliphatic rings. The maximum atomic E-state index is 2.45. The van der Waals surface area contributed by atoms with Crippen LogP contribution < -0.4 is 0 Å². The quantitative estimate of drug-likeness (QED) is 0.454. The van der Waals surface area contributed by atoms with Crippen LogP contribution in [0.15, 0.2) is 42.5 Å². The van der Waals surface area contributed by atoms with Gasteiger partial charge in [-0.1, -0.05) is 53.6 Å². The lowest BCUT2D eigenvalue weighted by Gasteiger charge is -2.14. The molecule has 1 heterocycles. The lowest BCUT2D eigenvalue weighted by Crippen LogP contribution is -2.03. The van der Waals surface area contributed by atoms with E-state index in [0.29, 0.717) is 0 Å². The average Bonchev–Trinajstić information content (AvgIpc) is 2.96. The Kier molecular flexibility index (Phi) is 5.50. The standard InChI is InChI=1S/C26H30S/c1-18-7-6-8-21(13-18)11-12-22-14-19(2)15-23(16-22)17-26-25-10-5-4-9-24(25)20(3)27-26/h6-8,13-16H,4-5,9-12,17H2,1-3H3. The van der Waals surface area contributed by atoms with E-state index in [1.54, 1.807) is 20.9 Å². The molecule has 4 rings (SSSR count). The molecule has 140 valence electrons. The third-order valence-electron chi connectivity index (χ3n) is 5.85. The number of hydrogen-bond donors (Lipinski definition) is 0. The van der Waals surface area contributed by atoms with Gasteiger partial charge in [0.2, 0.25) is 0 Å². The van der Waals surface area contributed by atoms with Crippen LogP contribution in [0.1, 0.15) is 61.5 Å². The van der Waals surface area contributed by atoms with Crippen LogP contribution >= 0.6 is 11.3 Å². The number of hydrogen-bond acceptors (Lipinski definition) is 1. The van der Waals surface area contributed by atoms with Gasteiger partial charge in [-0.2, -0.15) is 0 Å². The van der Waals surface area contributed by atoms with Gasteiger partial charge in [-0.3, -0.25) is 0 Å². The summed E-state index contributed by atoms with van der Waals surface area (Å²) in [5, 5.41) is 0. The third kappa shape index (κ3) is 4.35. The molecule has 0 radical (unpaired) electrons. The minimum Gasteiger partial charge on any atom is -0.145 e. The summed E-state index contributed by atoms with van der Waals surface area (Å²) in [5.74, 6) is 0. The van der Waals surface area contributed by atoms with E-state index in [4.69, 9.17) is 0 Å². The Morgan fingerprint density at radius 3 is 2.26 bits per heavy atom. The van der Waals surface area contributed by atoms with E-state index >= 15 is 0 Å². The Labute approximate surface area is 168 Å². The molecule has 0 amide bonds. The van der Waals surface area contributed by atoms with E-state index in [-0.39, 0.29) is 0 Å². The molecule has 1 heteroatoms. The van der Waals surface area contributed by atoms with E-state index in [2.05, 4.69) is 63.2 Å². The third-order valence-corrected chi connectivity index (χ3v) is 7.04. The number of benzene rings is 2. The molecule has 0 aliphatic heterocycles. The summed E-state index contributed by atoms with van der Waals surface area (Å²) in [7, 11) is 0. The predicted octanol–water partition coefficient (Wildman–Crippen LogP) is 6.93. The van der Waals surface area contributed by atoms with Crippen molar-refractivity contribution in [3.8, 4) is 0 Å². The van der Waals surface area contributed by atoms with Crippen LogP contribution in [0.2, 0.25) is 0 Å². The van der Waals surface area contributed by atoms with Crippen LogP contribution in [-0.2, 0) is 32.1 Å². The Bertz CT molecular complexity index is 945. The summed E-state index contributed by atoms with van der Waals surface area (Å²) in [4.78, 5) is 3.18. The minimum atomic E-state index is 1.11. The highest BCUT2D eigenvalue weighted by Gasteiger charge is 2.19. The Hall–Kier alpha value is -1.86. The molecule has 0 spiro atoms. The number of thiophene rings is 1. The fourth-order valence-corrected chi connectivity index (χ4v) is 5.89. The van der Waals surface area contributed by atoms with E-state index < -0.39 is 0 Å². The monoisotopic (exact) mass is 374 g/mol. The number of rotatable bonds is 5. The number of fused-ring (bicyclic) bond motifs is 1. The summed E-state index contributed by atoms with van der Waals surface area (Å²) in [6.07, 6.45) is 8.69. The molecule has 0 saturated heterocycles. The van der Waals surface area contributed by atoms with Crippen LogP contribution in [0.25, 0.3) is 0 Å². The van der Waals surface area contributed by atoms with E-state index in [9.17, 15) is 0 Å². The first-order valence-electron chi connectivity index (χ1n) is 10.3. The van der Waals surface area contributed by atoms with Crippen LogP contribution in [0.4, 0.5) is 0 Å². The van der Waals surface area contributed by atoms with Crippen LogP contribution in [-0.4, -0.2) is 0 Å². The molecular formula is C26H30S. The summed E-state index contributed by atoms with van der Waals surface area (Å²) < 4.78 is 0. The zero-order valence-electron chi connectivity index (χ0n) is 16.9. The molecule has 2 aromatic carbocycles. The molecule has 1 aromatic heterocycles. The lowest BCUT2D eigenvalue weighted by molar-refractivity contribution is 0.683. The first-order chi connectivity index (χ1) is 13.1. The minimum absolute atomic E-state index is 1.11. The van der Waals surface area contributed by atoms with Gasteiger partial charge in [-0.15, -0.1) is 11.3 Å². The second-order valence-corrected chi connectivity index (χ2v) is 9.55. The number of aryl methyl sites for hydroxylation is 5. The molecule has 0 fully saturated rings. The van der Waals surface area contributed by atoms with Crippen molar-refractivity contribution in [2.75, 3.05) is 0 Å². The van der Waals surface area contributed by atoms with E-state index in [0.717, 1.165) is 19.3 Å². The van der Waals surface area contributed by atoms with Gasteiger partial charge in [0.1, 0.15) is 0 Å². The van der Waals surface area contributed by atoms with Gasteiger partial charge in [-0.25, -0.2) is 0 Å². The second kappa shape index (κ2) is 8.02. The molecule has 27 heavy (non-hydrogen) atoms. The van der Waals surface area contributed by atoms with Crippen molar-refractivity contribution in [3.63, 3.8) is 0 Å². The largest absolute Gasteiger partial charge is 0.145 e. The second-order valence-electron chi connectivity index (χ2n) is 8.24. The molecule has 1 aliphatic carbocycles. The molecule has 0 N–H and O–H groups in total. The van der Waals surface area contributed by atoms with Crippen LogP contribution in [0, 0.1) is 20.8 Å². The summed E-state index contributed by atoms with van der Waals surface area (Å²) in [5.41, 5.74) is 10.5. The summed E-state index contributed by atoms with van der Waals surface area (Å²) in [6, 6.07) is 16.1. The van der Waals surface area contributed by atoms with Crippen molar-refractivity contribution < 1.29 is 0 Å². The van der Waals surface area contributed by atoms with Gasteiger partial charge < -0.3 is 0 Å². The topological polar surface area (TPSA) is 0 Å². The van der Waals surface area contributed by atoms with Crippen molar-refractivity contribution >= 4 is 11.3 Å². The molecule has 0 atom stereocenters. The van der Waals surface area contributed by atoms with Gasteiger partial charge in [0.05, 0.1) is 0 Å². The van der Waals surface area contributed by atoms with Crippen molar-refractivity contribution in [1.82, 2.24) is 0 Å². The van der Waals surface area contributed by atoms with Gasteiger partial charge in [-0.05, 0) is 87.1 Å². The Balaban J connectivity index is 1.52. The Morgan fingerprint density at radius 2 is 1.44 bits per heavy atom. The summed E-state index contributed by atoms with van der Waals surface area (Å²) >= 11 is 2.05. The Morgan fingerprint density at radius 1 is 0.741 bits per heavy atom. The molecule has 0 bridgehead atoms. The first kappa shape index (κ1) is 18.5.